The summed E-state index contributed by atoms with van der Waals surface area (Å²) in [7, 11) is 0. The summed E-state index contributed by atoms with van der Waals surface area (Å²) in [6, 6.07) is 8.80. The summed E-state index contributed by atoms with van der Waals surface area (Å²) in [5.74, 6) is -0.227. The van der Waals surface area contributed by atoms with E-state index < -0.39 is 5.54 Å². The monoisotopic (exact) mass is 263 g/mol. The first-order valence-corrected chi connectivity index (χ1v) is 6.71. The molecule has 0 aliphatic carbocycles. The zero-order valence-electron chi connectivity index (χ0n) is 11.9. The molecule has 0 heterocycles. The summed E-state index contributed by atoms with van der Waals surface area (Å²) in [6.07, 6.45) is 0.725. The third-order valence-corrected chi connectivity index (χ3v) is 3.27. The van der Waals surface area contributed by atoms with Crippen molar-refractivity contribution in [3.8, 4) is 6.07 Å². The van der Waals surface area contributed by atoms with E-state index in [0.717, 1.165) is 31.7 Å². The topological polar surface area (TPSA) is 39.1 Å². The highest BCUT2D eigenvalue weighted by atomic mass is 19.1. The van der Waals surface area contributed by atoms with Crippen LogP contribution in [0.1, 0.15) is 27.2 Å². The Kier molecular flexibility index (Phi) is 5.78. The van der Waals surface area contributed by atoms with Crippen molar-refractivity contribution >= 4 is 5.69 Å². The molecule has 1 aromatic carbocycles. The van der Waals surface area contributed by atoms with Gasteiger partial charge in [-0.1, -0.05) is 6.92 Å². The maximum absolute atomic E-state index is 12.9. The van der Waals surface area contributed by atoms with E-state index in [1.54, 1.807) is 12.1 Å². The van der Waals surface area contributed by atoms with Crippen LogP contribution in [0.3, 0.4) is 0 Å². The van der Waals surface area contributed by atoms with Gasteiger partial charge in [0.15, 0.2) is 0 Å². The second-order valence-corrected chi connectivity index (χ2v) is 4.78. The smallest absolute Gasteiger partial charge is 0.123 e. The number of halogens is 1. The SMILES string of the molecule is CCNC(C)(C#N)CCN(CC)c1ccc(F)cc1. The highest BCUT2D eigenvalue weighted by molar-refractivity contribution is 5.46. The minimum absolute atomic E-state index is 0.227. The quantitative estimate of drug-likeness (QED) is 0.822. The predicted octanol–water partition coefficient (Wildman–Crippen LogP) is 2.93. The third kappa shape index (κ3) is 4.53. The number of benzene rings is 1. The average molecular weight is 263 g/mol. The highest BCUT2D eigenvalue weighted by Crippen LogP contribution is 2.17. The van der Waals surface area contributed by atoms with Crippen molar-refractivity contribution in [3.05, 3.63) is 30.1 Å². The molecule has 104 valence electrons. The van der Waals surface area contributed by atoms with Crippen molar-refractivity contribution in [2.24, 2.45) is 0 Å². The zero-order chi connectivity index (χ0) is 14.3. The number of anilines is 1. The van der Waals surface area contributed by atoms with Gasteiger partial charge >= 0.3 is 0 Å². The second kappa shape index (κ2) is 7.10. The Morgan fingerprint density at radius 1 is 1.32 bits per heavy atom. The van der Waals surface area contributed by atoms with Gasteiger partial charge in [-0.25, -0.2) is 4.39 Å². The minimum atomic E-state index is -0.512. The number of nitrogens with zero attached hydrogens (tertiary/aromatic N) is 2. The number of rotatable bonds is 7. The highest BCUT2D eigenvalue weighted by Gasteiger charge is 2.22. The molecule has 1 N–H and O–H groups in total. The Hall–Kier alpha value is -1.60. The molecule has 19 heavy (non-hydrogen) atoms. The zero-order valence-corrected chi connectivity index (χ0v) is 11.9. The van der Waals surface area contributed by atoms with Crippen molar-refractivity contribution in [3.63, 3.8) is 0 Å². The summed E-state index contributed by atoms with van der Waals surface area (Å²) in [5.41, 5.74) is 0.475. The second-order valence-electron chi connectivity index (χ2n) is 4.78. The van der Waals surface area contributed by atoms with Gasteiger partial charge in [0.1, 0.15) is 11.4 Å². The summed E-state index contributed by atoms with van der Waals surface area (Å²) in [6.45, 7) is 8.33. The van der Waals surface area contributed by atoms with Crippen molar-refractivity contribution in [1.29, 1.82) is 5.26 Å². The van der Waals surface area contributed by atoms with Gasteiger partial charge in [-0.15, -0.1) is 0 Å². The number of nitrogens with one attached hydrogen (secondary N) is 1. The van der Waals surface area contributed by atoms with Crippen LogP contribution in [-0.2, 0) is 0 Å². The Balaban J connectivity index is 2.68. The molecule has 0 bridgehead atoms. The maximum atomic E-state index is 12.9. The van der Waals surface area contributed by atoms with Gasteiger partial charge in [0.25, 0.3) is 0 Å². The standard InChI is InChI=1S/C15H22FN3/c1-4-18-15(3,12-17)10-11-19(5-2)14-8-6-13(16)7-9-14/h6-9,18H,4-5,10-11H2,1-3H3. The van der Waals surface area contributed by atoms with E-state index in [9.17, 15) is 9.65 Å². The van der Waals surface area contributed by atoms with E-state index in [2.05, 4.69) is 23.2 Å². The van der Waals surface area contributed by atoms with E-state index >= 15 is 0 Å². The lowest BCUT2D eigenvalue weighted by Crippen LogP contribution is -2.43. The average Bonchev–Trinajstić information content (AvgIpc) is 2.41. The Bertz CT molecular complexity index is 424. The molecule has 0 radical (unpaired) electrons. The minimum Gasteiger partial charge on any atom is -0.372 e. The van der Waals surface area contributed by atoms with Crippen LogP contribution in [-0.4, -0.2) is 25.2 Å². The van der Waals surface area contributed by atoms with Crippen LogP contribution in [0.15, 0.2) is 24.3 Å². The molecule has 0 saturated carbocycles. The van der Waals surface area contributed by atoms with Crippen LogP contribution in [0.25, 0.3) is 0 Å². The van der Waals surface area contributed by atoms with Crippen LogP contribution in [0, 0.1) is 17.1 Å². The molecule has 0 aromatic heterocycles. The summed E-state index contributed by atoms with van der Waals surface area (Å²) >= 11 is 0. The molecular formula is C15H22FN3. The summed E-state index contributed by atoms with van der Waals surface area (Å²) in [5, 5.41) is 12.4. The van der Waals surface area contributed by atoms with Gasteiger partial charge in [-0.2, -0.15) is 5.26 Å². The molecular weight excluding hydrogens is 241 g/mol. The van der Waals surface area contributed by atoms with Crippen molar-refractivity contribution < 1.29 is 4.39 Å². The molecule has 0 aliphatic rings. The van der Waals surface area contributed by atoms with Crippen LogP contribution in [0.2, 0.25) is 0 Å². The molecule has 1 atom stereocenters. The van der Waals surface area contributed by atoms with E-state index in [-0.39, 0.29) is 5.82 Å². The van der Waals surface area contributed by atoms with Crippen LogP contribution in [0.5, 0.6) is 0 Å². The van der Waals surface area contributed by atoms with E-state index in [1.165, 1.54) is 12.1 Å². The number of hydrogen-bond acceptors (Lipinski definition) is 3. The fraction of sp³-hybridized carbons (Fsp3) is 0.533. The van der Waals surface area contributed by atoms with Crippen molar-refractivity contribution in [1.82, 2.24) is 5.32 Å². The molecule has 0 fully saturated rings. The molecule has 1 unspecified atom stereocenters. The Morgan fingerprint density at radius 3 is 2.42 bits per heavy atom. The molecule has 0 saturated heterocycles. The fourth-order valence-corrected chi connectivity index (χ4v) is 2.05. The molecule has 4 heteroatoms. The van der Waals surface area contributed by atoms with Crippen LogP contribution < -0.4 is 10.2 Å². The summed E-state index contributed by atoms with van der Waals surface area (Å²) < 4.78 is 12.9. The van der Waals surface area contributed by atoms with E-state index in [4.69, 9.17) is 0 Å². The van der Waals surface area contributed by atoms with Crippen molar-refractivity contribution in [2.75, 3.05) is 24.5 Å². The molecule has 0 spiro atoms. The van der Waals surface area contributed by atoms with Crippen LogP contribution in [0.4, 0.5) is 10.1 Å². The van der Waals surface area contributed by atoms with Gasteiger partial charge in [-0.3, -0.25) is 5.32 Å². The first-order valence-electron chi connectivity index (χ1n) is 6.71. The van der Waals surface area contributed by atoms with E-state index in [1.807, 2.05) is 13.8 Å². The van der Waals surface area contributed by atoms with Gasteiger partial charge in [0.2, 0.25) is 0 Å². The Morgan fingerprint density at radius 2 is 1.95 bits per heavy atom. The molecule has 3 nitrogen and oxygen atoms in total. The first kappa shape index (κ1) is 15.5. The first-order chi connectivity index (χ1) is 9.04. The van der Waals surface area contributed by atoms with Gasteiger partial charge in [0, 0.05) is 18.8 Å². The largest absolute Gasteiger partial charge is 0.372 e. The van der Waals surface area contributed by atoms with Crippen LogP contribution >= 0.6 is 0 Å². The maximum Gasteiger partial charge on any atom is 0.123 e. The summed E-state index contributed by atoms with van der Waals surface area (Å²) in [4.78, 5) is 2.15. The van der Waals surface area contributed by atoms with Gasteiger partial charge in [-0.05, 0) is 51.1 Å². The molecule has 0 amide bonds. The normalized spacial score (nSPS) is 13.6. The lowest BCUT2D eigenvalue weighted by Gasteiger charge is -2.28. The van der Waals surface area contributed by atoms with Gasteiger partial charge in [0.05, 0.1) is 6.07 Å². The number of nitriles is 1. The number of hydrogen-bond donors (Lipinski definition) is 1. The van der Waals surface area contributed by atoms with Gasteiger partial charge < -0.3 is 4.90 Å². The molecule has 0 aliphatic heterocycles. The third-order valence-electron chi connectivity index (χ3n) is 3.27. The van der Waals surface area contributed by atoms with E-state index in [0.29, 0.717) is 0 Å². The van der Waals surface area contributed by atoms with Crippen molar-refractivity contribution in [2.45, 2.75) is 32.7 Å². The fourth-order valence-electron chi connectivity index (χ4n) is 2.05. The lowest BCUT2D eigenvalue weighted by atomic mass is 9.99. The molecule has 1 aromatic rings. The predicted molar refractivity (Wildman–Crippen MR) is 76.6 cm³/mol. The Labute approximate surface area is 115 Å². The molecule has 1 rings (SSSR count). The lowest BCUT2D eigenvalue weighted by molar-refractivity contribution is 0.429.